The molecule has 0 aromatic heterocycles. The van der Waals surface area contributed by atoms with Gasteiger partial charge in [-0.15, -0.1) is 0 Å². The summed E-state index contributed by atoms with van der Waals surface area (Å²) in [7, 11) is 1.91. The highest BCUT2D eigenvalue weighted by molar-refractivity contribution is 5.50. The predicted molar refractivity (Wildman–Crippen MR) is 58.5 cm³/mol. The SMILES string of the molecule is C[C@H](O)c1ccc(N(C)C2CC2)c(F)c1. The summed E-state index contributed by atoms with van der Waals surface area (Å²) in [5, 5.41) is 9.32. The lowest BCUT2D eigenvalue weighted by Gasteiger charge is -2.20. The number of benzene rings is 1. The minimum absolute atomic E-state index is 0.247. The van der Waals surface area contributed by atoms with Crippen LogP contribution in [0, 0.1) is 5.82 Å². The molecule has 0 heterocycles. The van der Waals surface area contributed by atoms with Gasteiger partial charge in [0.05, 0.1) is 11.8 Å². The van der Waals surface area contributed by atoms with Crippen molar-refractivity contribution in [1.82, 2.24) is 0 Å². The molecule has 1 atom stereocenters. The van der Waals surface area contributed by atoms with E-state index in [1.54, 1.807) is 19.1 Å². The lowest BCUT2D eigenvalue weighted by molar-refractivity contribution is 0.199. The van der Waals surface area contributed by atoms with Crippen LogP contribution in [0.1, 0.15) is 31.4 Å². The average molecular weight is 209 g/mol. The van der Waals surface area contributed by atoms with Crippen LogP contribution in [0.3, 0.4) is 0 Å². The molecule has 1 fully saturated rings. The third kappa shape index (κ3) is 2.12. The fourth-order valence-corrected chi connectivity index (χ4v) is 1.73. The smallest absolute Gasteiger partial charge is 0.146 e. The largest absolute Gasteiger partial charge is 0.389 e. The van der Waals surface area contributed by atoms with Crippen LogP contribution in [0.15, 0.2) is 18.2 Å². The van der Waals surface area contributed by atoms with Gasteiger partial charge in [0.2, 0.25) is 0 Å². The van der Waals surface area contributed by atoms with E-state index in [9.17, 15) is 9.50 Å². The van der Waals surface area contributed by atoms with Gasteiger partial charge in [-0.2, -0.15) is 0 Å². The van der Waals surface area contributed by atoms with Crippen LogP contribution in [0.25, 0.3) is 0 Å². The molecule has 0 radical (unpaired) electrons. The maximum Gasteiger partial charge on any atom is 0.146 e. The quantitative estimate of drug-likeness (QED) is 0.826. The minimum Gasteiger partial charge on any atom is -0.389 e. The van der Waals surface area contributed by atoms with Gasteiger partial charge in [0.1, 0.15) is 5.82 Å². The summed E-state index contributed by atoms with van der Waals surface area (Å²) in [6.07, 6.45) is 1.68. The van der Waals surface area contributed by atoms with Crippen LogP contribution < -0.4 is 4.90 Å². The number of nitrogens with zero attached hydrogens (tertiary/aromatic N) is 1. The van der Waals surface area contributed by atoms with Crippen molar-refractivity contribution in [3.05, 3.63) is 29.6 Å². The van der Waals surface area contributed by atoms with Crippen LogP contribution in [0.5, 0.6) is 0 Å². The van der Waals surface area contributed by atoms with E-state index in [0.717, 1.165) is 12.8 Å². The van der Waals surface area contributed by atoms with Crippen molar-refractivity contribution < 1.29 is 9.50 Å². The Balaban J connectivity index is 2.25. The summed E-state index contributed by atoms with van der Waals surface area (Å²) in [5.74, 6) is -0.247. The molecule has 0 spiro atoms. The first-order valence-corrected chi connectivity index (χ1v) is 5.30. The van der Waals surface area contributed by atoms with Gasteiger partial charge in [-0.25, -0.2) is 4.39 Å². The fourth-order valence-electron chi connectivity index (χ4n) is 1.73. The molecule has 3 heteroatoms. The molecule has 0 saturated heterocycles. The third-order valence-corrected chi connectivity index (χ3v) is 2.93. The molecule has 0 amide bonds. The Bertz CT molecular complexity index is 361. The Labute approximate surface area is 89.3 Å². The maximum absolute atomic E-state index is 13.7. The monoisotopic (exact) mass is 209 g/mol. The molecule has 0 aliphatic heterocycles. The van der Waals surface area contributed by atoms with Gasteiger partial charge in [-0.3, -0.25) is 0 Å². The van der Waals surface area contributed by atoms with Crippen molar-refractivity contribution >= 4 is 5.69 Å². The van der Waals surface area contributed by atoms with Crippen molar-refractivity contribution in [1.29, 1.82) is 0 Å². The van der Waals surface area contributed by atoms with Crippen molar-refractivity contribution in [2.24, 2.45) is 0 Å². The summed E-state index contributed by atoms with van der Waals surface area (Å²) >= 11 is 0. The van der Waals surface area contributed by atoms with E-state index in [-0.39, 0.29) is 5.82 Å². The Hall–Kier alpha value is -1.09. The second-order valence-corrected chi connectivity index (χ2v) is 4.23. The zero-order valence-electron chi connectivity index (χ0n) is 9.07. The number of aliphatic hydroxyl groups is 1. The molecule has 15 heavy (non-hydrogen) atoms. The number of hydrogen-bond donors (Lipinski definition) is 1. The van der Waals surface area contributed by atoms with Crippen LogP contribution in [-0.4, -0.2) is 18.2 Å². The van der Waals surface area contributed by atoms with Crippen molar-refractivity contribution in [3.63, 3.8) is 0 Å². The van der Waals surface area contributed by atoms with Gasteiger partial charge in [0.25, 0.3) is 0 Å². The molecule has 1 aliphatic carbocycles. The minimum atomic E-state index is -0.611. The van der Waals surface area contributed by atoms with Gasteiger partial charge >= 0.3 is 0 Å². The highest BCUT2D eigenvalue weighted by Crippen LogP contribution is 2.32. The lowest BCUT2D eigenvalue weighted by Crippen LogP contribution is -2.20. The first-order chi connectivity index (χ1) is 7.09. The molecule has 1 aliphatic rings. The molecular formula is C12H16FNO. The summed E-state index contributed by atoms with van der Waals surface area (Å²) < 4.78 is 13.7. The van der Waals surface area contributed by atoms with Gasteiger partial charge in [-0.05, 0) is 37.5 Å². The molecule has 1 aromatic rings. The number of hydrogen-bond acceptors (Lipinski definition) is 2. The van der Waals surface area contributed by atoms with E-state index in [1.165, 1.54) is 6.07 Å². The molecular weight excluding hydrogens is 193 g/mol. The standard InChI is InChI=1S/C12H16FNO/c1-8(15)9-3-6-12(11(13)7-9)14(2)10-4-5-10/h3,6-8,10,15H,4-5H2,1-2H3/t8-/m0/s1. The number of anilines is 1. The first kappa shape index (κ1) is 10.4. The second-order valence-electron chi connectivity index (χ2n) is 4.23. The van der Waals surface area contributed by atoms with Gasteiger partial charge in [-0.1, -0.05) is 6.07 Å². The normalized spacial score (nSPS) is 17.6. The number of aliphatic hydroxyl groups excluding tert-OH is 1. The zero-order valence-corrected chi connectivity index (χ0v) is 9.07. The van der Waals surface area contributed by atoms with Gasteiger partial charge in [0, 0.05) is 13.1 Å². The Morgan fingerprint density at radius 2 is 2.13 bits per heavy atom. The van der Waals surface area contributed by atoms with E-state index >= 15 is 0 Å². The highest BCUT2D eigenvalue weighted by atomic mass is 19.1. The van der Waals surface area contributed by atoms with Gasteiger partial charge in [0.15, 0.2) is 0 Å². The third-order valence-electron chi connectivity index (χ3n) is 2.93. The Morgan fingerprint density at radius 3 is 2.60 bits per heavy atom. The van der Waals surface area contributed by atoms with Crippen LogP contribution >= 0.6 is 0 Å². The highest BCUT2D eigenvalue weighted by Gasteiger charge is 2.27. The number of halogens is 1. The fraction of sp³-hybridized carbons (Fsp3) is 0.500. The summed E-state index contributed by atoms with van der Waals surface area (Å²) in [6.45, 7) is 1.64. The van der Waals surface area contributed by atoms with E-state index < -0.39 is 6.10 Å². The van der Waals surface area contributed by atoms with Crippen LogP contribution in [-0.2, 0) is 0 Å². The molecule has 2 rings (SSSR count). The summed E-state index contributed by atoms with van der Waals surface area (Å²) in [4.78, 5) is 1.97. The predicted octanol–water partition coefficient (Wildman–Crippen LogP) is 2.48. The molecule has 1 saturated carbocycles. The van der Waals surface area contributed by atoms with E-state index in [2.05, 4.69) is 0 Å². The van der Waals surface area contributed by atoms with E-state index in [4.69, 9.17) is 0 Å². The van der Waals surface area contributed by atoms with E-state index in [0.29, 0.717) is 17.3 Å². The number of rotatable bonds is 3. The van der Waals surface area contributed by atoms with Crippen molar-refractivity contribution in [2.75, 3.05) is 11.9 Å². The lowest BCUT2D eigenvalue weighted by atomic mass is 10.1. The topological polar surface area (TPSA) is 23.5 Å². The Morgan fingerprint density at radius 1 is 1.47 bits per heavy atom. The van der Waals surface area contributed by atoms with Crippen molar-refractivity contribution in [2.45, 2.75) is 31.9 Å². The summed E-state index contributed by atoms with van der Waals surface area (Å²) in [6, 6.07) is 5.44. The van der Waals surface area contributed by atoms with Crippen molar-refractivity contribution in [3.8, 4) is 0 Å². The molecule has 1 aromatic carbocycles. The van der Waals surface area contributed by atoms with E-state index in [1.807, 2.05) is 11.9 Å². The van der Waals surface area contributed by atoms with Gasteiger partial charge < -0.3 is 10.0 Å². The van der Waals surface area contributed by atoms with Crippen LogP contribution in [0.4, 0.5) is 10.1 Å². The average Bonchev–Trinajstić information content (AvgIpc) is 2.99. The second kappa shape index (κ2) is 3.81. The molecule has 1 N–H and O–H groups in total. The first-order valence-electron chi connectivity index (χ1n) is 5.30. The Kier molecular flexibility index (Phi) is 2.65. The molecule has 82 valence electrons. The van der Waals surface area contributed by atoms with Crippen LogP contribution in [0.2, 0.25) is 0 Å². The maximum atomic E-state index is 13.7. The molecule has 2 nitrogen and oxygen atoms in total. The zero-order chi connectivity index (χ0) is 11.0. The summed E-state index contributed by atoms with van der Waals surface area (Å²) in [5.41, 5.74) is 1.25. The molecule has 0 bridgehead atoms. The molecule has 0 unspecified atom stereocenters.